The van der Waals surface area contributed by atoms with Crippen molar-refractivity contribution in [1.29, 1.82) is 0 Å². The van der Waals surface area contributed by atoms with Crippen LogP contribution in [0.1, 0.15) is 123 Å². The molecular weight excluding hydrogens is 386 g/mol. The second-order valence-corrected chi connectivity index (χ2v) is 13.1. The molecule has 0 aliphatic carbocycles. The van der Waals surface area contributed by atoms with Gasteiger partial charge in [-0.15, -0.1) is 0 Å². The Kier molecular flexibility index (Phi) is 21.0. The summed E-state index contributed by atoms with van der Waals surface area (Å²) in [5, 5.41) is 0. The first-order valence-electron chi connectivity index (χ1n) is 13.3. The highest BCUT2D eigenvalue weighted by molar-refractivity contribution is 6.46. The minimum absolute atomic E-state index is 0.586. The molecule has 0 N–H and O–H groups in total. The Morgan fingerprint density at radius 2 is 0.967 bits per heavy atom. The highest BCUT2D eigenvalue weighted by atomic mass is 28.3. The van der Waals surface area contributed by atoms with Crippen molar-refractivity contribution in [1.82, 2.24) is 0 Å². The molecule has 1 unspecified atom stereocenters. The smallest absolute Gasteiger partial charge is 0.324 e. The second kappa shape index (κ2) is 21.0. The first kappa shape index (κ1) is 30.1. The van der Waals surface area contributed by atoms with E-state index in [-0.39, 0.29) is 0 Å². The molecule has 3 nitrogen and oxygen atoms in total. The lowest BCUT2D eigenvalue weighted by atomic mass is 10.0. The highest BCUT2D eigenvalue weighted by Gasteiger charge is 2.23. The maximum atomic E-state index is 5.53. The van der Waals surface area contributed by atoms with Crippen molar-refractivity contribution >= 4 is 9.28 Å². The predicted octanol–water partition coefficient (Wildman–Crippen LogP) is 7.62. The molecule has 30 heavy (non-hydrogen) atoms. The summed E-state index contributed by atoms with van der Waals surface area (Å²) in [5.41, 5.74) is 0.586. The quantitative estimate of drug-likeness (QED) is 0.0916. The molecule has 0 aliphatic heterocycles. The van der Waals surface area contributed by atoms with E-state index in [2.05, 4.69) is 27.9 Å². The van der Waals surface area contributed by atoms with E-state index in [0.717, 1.165) is 4.48 Å². The molecule has 0 aromatic rings. The Labute approximate surface area is 192 Å². The summed E-state index contributed by atoms with van der Waals surface area (Å²) >= 11 is 0. The number of hydrogen-bond acceptors (Lipinski definition) is 2. The summed E-state index contributed by atoms with van der Waals surface area (Å²) in [6.07, 6.45) is 24.3. The highest BCUT2D eigenvalue weighted by Crippen LogP contribution is 2.18. The lowest BCUT2D eigenvalue weighted by Crippen LogP contribution is -2.42. The van der Waals surface area contributed by atoms with Gasteiger partial charge in [-0.25, -0.2) is 0 Å². The van der Waals surface area contributed by atoms with E-state index in [0.29, 0.717) is 5.54 Å². The predicted molar refractivity (Wildman–Crippen MR) is 137 cm³/mol. The Balaban J connectivity index is 3.42. The minimum atomic E-state index is -1.45. The Morgan fingerprint density at radius 1 is 0.600 bits per heavy atom. The monoisotopic (exact) mass is 444 g/mol. The summed E-state index contributed by atoms with van der Waals surface area (Å²) in [4.78, 5) is 0. The van der Waals surface area contributed by atoms with E-state index in [1.807, 2.05) is 0 Å². The van der Waals surface area contributed by atoms with Gasteiger partial charge in [0.05, 0.1) is 27.2 Å². The molecule has 0 rings (SSSR count). The average Bonchev–Trinajstić information content (AvgIpc) is 2.73. The van der Waals surface area contributed by atoms with E-state index < -0.39 is 9.28 Å². The van der Waals surface area contributed by atoms with Crippen molar-refractivity contribution in [3.05, 3.63) is 0 Å². The largest absolute Gasteiger partial charge is 0.400 e. The van der Waals surface area contributed by atoms with Gasteiger partial charge in [0.2, 0.25) is 0 Å². The number of hydrogen-bond donors (Lipinski definition) is 0. The summed E-state index contributed by atoms with van der Waals surface area (Å²) in [7, 11) is 6.91. The molecule has 4 heteroatoms. The lowest BCUT2D eigenvalue weighted by Gasteiger charge is -2.31. The fourth-order valence-corrected chi connectivity index (χ4v) is 5.99. The molecule has 0 spiro atoms. The van der Waals surface area contributed by atoms with Crippen LogP contribution in [0, 0.1) is 0 Å². The normalized spacial score (nSPS) is 13.3. The van der Waals surface area contributed by atoms with Crippen molar-refractivity contribution in [2.24, 2.45) is 0 Å². The molecule has 1 atom stereocenters. The van der Waals surface area contributed by atoms with Gasteiger partial charge in [0, 0.05) is 26.2 Å². The lowest BCUT2D eigenvalue weighted by molar-refractivity contribution is -0.890. The molecule has 0 aromatic carbocycles. The fourth-order valence-electron chi connectivity index (χ4n) is 4.45. The zero-order valence-electron chi connectivity index (χ0n) is 21.9. The van der Waals surface area contributed by atoms with Crippen LogP contribution < -0.4 is 0 Å². The number of rotatable bonds is 23. The van der Waals surface area contributed by atoms with Gasteiger partial charge in [-0.1, -0.05) is 104 Å². The van der Waals surface area contributed by atoms with Gasteiger partial charge in [-0.3, -0.25) is 0 Å². The van der Waals surface area contributed by atoms with Gasteiger partial charge in [0.15, 0.2) is 0 Å². The van der Waals surface area contributed by atoms with Gasteiger partial charge in [0.25, 0.3) is 0 Å². The molecule has 182 valence electrons. The van der Waals surface area contributed by atoms with Crippen molar-refractivity contribution in [3.8, 4) is 0 Å². The van der Waals surface area contributed by atoms with E-state index in [4.69, 9.17) is 8.85 Å². The van der Waals surface area contributed by atoms with Crippen molar-refractivity contribution in [3.63, 3.8) is 0 Å². The van der Waals surface area contributed by atoms with Gasteiger partial charge in [0.1, 0.15) is 0 Å². The van der Waals surface area contributed by atoms with E-state index >= 15 is 0 Å². The topological polar surface area (TPSA) is 18.5 Å². The Bertz CT molecular complexity index is 348. The molecule has 0 aliphatic rings. The third-order valence-corrected chi connectivity index (χ3v) is 8.93. The third-order valence-electron chi connectivity index (χ3n) is 6.74. The summed E-state index contributed by atoms with van der Waals surface area (Å²) < 4.78 is 12.2. The van der Waals surface area contributed by atoms with Gasteiger partial charge in [-0.2, -0.15) is 0 Å². The van der Waals surface area contributed by atoms with E-state index in [1.54, 1.807) is 14.2 Å². The van der Waals surface area contributed by atoms with Crippen molar-refractivity contribution in [2.75, 3.05) is 41.4 Å². The van der Waals surface area contributed by atoms with Crippen LogP contribution >= 0.6 is 0 Å². The Morgan fingerprint density at radius 3 is 1.33 bits per heavy atom. The first-order chi connectivity index (χ1) is 14.5. The fraction of sp³-hybridized carbons (Fsp3) is 1.00. The van der Waals surface area contributed by atoms with Crippen LogP contribution in [-0.2, 0) is 8.85 Å². The molecule has 0 saturated heterocycles. The van der Waals surface area contributed by atoms with Crippen LogP contribution in [0.5, 0.6) is 0 Å². The molecule has 0 saturated carbocycles. The van der Waals surface area contributed by atoms with Crippen LogP contribution in [0.15, 0.2) is 0 Å². The maximum Gasteiger partial charge on any atom is 0.324 e. The zero-order chi connectivity index (χ0) is 22.5. The van der Waals surface area contributed by atoms with Gasteiger partial charge < -0.3 is 13.3 Å². The molecule has 0 aromatic heterocycles. The SMILES string of the molecule is CCCCCCCCCCCCCCCCCC[N+](C)(C)CCC(C)[SiH](OC)OC. The first-order valence-corrected chi connectivity index (χ1v) is 15.0. The van der Waals surface area contributed by atoms with Gasteiger partial charge in [-0.05, 0) is 12.8 Å². The van der Waals surface area contributed by atoms with Crippen molar-refractivity contribution in [2.45, 2.75) is 129 Å². The van der Waals surface area contributed by atoms with Crippen LogP contribution in [0.25, 0.3) is 0 Å². The third kappa shape index (κ3) is 18.8. The van der Waals surface area contributed by atoms with E-state index in [1.165, 1.54) is 122 Å². The average molecular weight is 445 g/mol. The second-order valence-electron chi connectivity index (χ2n) is 10.3. The van der Waals surface area contributed by atoms with Crippen molar-refractivity contribution < 1.29 is 13.3 Å². The minimum Gasteiger partial charge on any atom is -0.400 e. The molecule has 0 heterocycles. The Hall–Kier alpha value is 0.0969. The zero-order valence-corrected chi connectivity index (χ0v) is 23.0. The van der Waals surface area contributed by atoms with Crippen LogP contribution in [0.4, 0.5) is 0 Å². The molecule has 0 bridgehead atoms. The van der Waals surface area contributed by atoms with Gasteiger partial charge >= 0.3 is 9.28 Å². The summed E-state index contributed by atoms with van der Waals surface area (Å²) in [6.45, 7) is 7.12. The van der Waals surface area contributed by atoms with E-state index in [9.17, 15) is 0 Å². The van der Waals surface area contributed by atoms with Crippen LogP contribution in [0.3, 0.4) is 0 Å². The molecule has 0 amide bonds. The molecular formula is C26H58NO2Si+. The standard InChI is InChI=1S/C26H58NO2Si/c1-7-8-9-10-11-12-13-14-15-16-17-18-19-20-21-22-24-27(3,4)25-23-26(2)30(28-5)29-6/h26,30H,7-25H2,1-6H3/q+1. The maximum absolute atomic E-state index is 5.53. The summed E-state index contributed by atoms with van der Waals surface area (Å²) in [5.74, 6) is 0. The number of quaternary nitrogens is 1. The van der Waals surface area contributed by atoms with Crippen LogP contribution in [-0.4, -0.2) is 55.2 Å². The number of nitrogens with zero attached hydrogens (tertiary/aromatic N) is 1. The molecule has 0 radical (unpaired) electrons. The van der Waals surface area contributed by atoms with Crippen LogP contribution in [0.2, 0.25) is 5.54 Å². The summed E-state index contributed by atoms with van der Waals surface area (Å²) in [6, 6.07) is 0. The number of unbranched alkanes of at least 4 members (excludes halogenated alkanes) is 15. The molecule has 0 fully saturated rings.